The predicted octanol–water partition coefficient (Wildman–Crippen LogP) is 2.05. The molecule has 0 aliphatic rings. The molecule has 1 N–H and O–H groups in total. The van der Waals surface area contributed by atoms with Gasteiger partial charge in [0.15, 0.2) is 0 Å². The summed E-state index contributed by atoms with van der Waals surface area (Å²) in [4.78, 5) is 0. The lowest BCUT2D eigenvalue weighted by atomic mass is 10.1. The second kappa shape index (κ2) is 5.10. The van der Waals surface area contributed by atoms with Crippen LogP contribution in [0, 0.1) is 5.92 Å². The maximum atomic E-state index is 8.72. The quantitative estimate of drug-likeness (QED) is 0.588. The molecule has 1 atom stereocenters. The Morgan fingerprint density at radius 1 is 1.25 bits per heavy atom. The molecular formula is C7H18O. The zero-order chi connectivity index (χ0) is 5.86. The van der Waals surface area contributed by atoms with Gasteiger partial charge in [-0.1, -0.05) is 21.3 Å². The van der Waals surface area contributed by atoms with E-state index in [1.54, 1.807) is 0 Å². The van der Waals surface area contributed by atoms with Gasteiger partial charge in [0.25, 0.3) is 0 Å². The van der Waals surface area contributed by atoms with Gasteiger partial charge in [-0.3, -0.25) is 0 Å². The van der Waals surface area contributed by atoms with Crippen molar-refractivity contribution in [1.82, 2.24) is 0 Å². The van der Waals surface area contributed by atoms with Crippen LogP contribution in [0.25, 0.3) is 0 Å². The summed E-state index contributed by atoms with van der Waals surface area (Å²) in [5.41, 5.74) is 0. The molecule has 0 radical (unpaired) electrons. The number of aliphatic hydroxyl groups excluding tert-OH is 1. The highest BCUT2D eigenvalue weighted by Crippen LogP contribution is 2.01. The fourth-order valence-electron chi connectivity index (χ4n) is 0.682. The van der Waals surface area contributed by atoms with Gasteiger partial charge in [-0.2, -0.15) is 0 Å². The van der Waals surface area contributed by atoms with Crippen LogP contribution in [-0.2, 0) is 0 Å². The van der Waals surface area contributed by atoms with Gasteiger partial charge < -0.3 is 5.11 Å². The third-order valence-electron chi connectivity index (χ3n) is 0.813. The Morgan fingerprint density at radius 2 is 1.62 bits per heavy atom. The van der Waals surface area contributed by atoms with Gasteiger partial charge in [0.1, 0.15) is 0 Å². The molecule has 0 aliphatic heterocycles. The van der Waals surface area contributed by atoms with Gasteiger partial charge in [-0.05, 0) is 19.3 Å². The Hall–Kier alpha value is -0.0400. The van der Waals surface area contributed by atoms with Crippen molar-refractivity contribution in [2.75, 3.05) is 0 Å². The van der Waals surface area contributed by atoms with Crippen LogP contribution in [0.3, 0.4) is 0 Å². The van der Waals surface area contributed by atoms with Gasteiger partial charge in [0, 0.05) is 0 Å². The van der Waals surface area contributed by atoms with E-state index >= 15 is 0 Å². The highest BCUT2D eigenvalue weighted by Gasteiger charge is 1.97. The Balaban J connectivity index is 0. The fourth-order valence-corrected chi connectivity index (χ4v) is 0.682. The van der Waals surface area contributed by atoms with Crippen molar-refractivity contribution in [1.29, 1.82) is 0 Å². The third kappa shape index (κ3) is 9.35. The number of rotatable bonds is 2. The number of hydrogen-bond acceptors (Lipinski definition) is 1. The van der Waals surface area contributed by atoms with Crippen LogP contribution in [0.4, 0.5) is 0 Å². The van der Waals surface area contributed by atoms with Crippen LogP contribution in [0.15, 0.2) is 0 Å². The molecule has 0 rings (SSSR count). The second-order valence-electron chi connectivity index (χ2n) is 2.48. The normalized spacial score (nSPS) is 13.1. The summed E-state index contributed by atoms with van der Waals surface area (Å²) in [6, 6.07) is 0. The summed E-state index contributed by atoms with van der Waals surface area (Å²) in [5.74, 6) is 0.625. The Labute approximate surface area is 52.7 Å². The summed E-state index contributed by atoms with van der Waals surface area (Å²) >= 11 is 0. The highest BCUT2D eigenvalue weighted by molar-refractivity contribution is 4.49. The molecule has 0 aromatic carbocycles. The van der Waals surface area contributed by atoms with E-state index in [2.05, 4.69) is 13.8 Å². The van der Waals surface area contributed by atoms with Crippen molar-refractivity contribution in [2.24, 2.45) is 5.92 Å². The summed E-state index contributed by atoms with van der Waals surface area (Å²) < 4.78 is 0. The van der Waals surface area contributed by atoms with Gasteiger partial charge in [-0.15, -0.1) is 0 Å². The molecule has 1 heteroatoms. The molecule has 0 bridgehead atoms. The minimum Gasteiger partial charge on any atom is -0.393 e. The summed E-state index contributed by atoms with van der Waals surface area (Å²) in [6.07, 6.45) is 0.792. The minimum absolute atomic E-state index is 0. The van der Waals surface area contributed by atoms with Crippen LogP contribution in [0.5, 0.6) is 0 Å². The van der Waals surface area contributed by atoms with Gasteiger partial charge in [-0.25, -0.2) is 0 Å². The Bertz CT molecular complexity index is 33.7. The van der Waals surface area contributed by atoms with Crippen molar-refractivity contribution in [3.05, 3.63) is 0 Å². The van der Waals surface area contributed by atoms with E-state index in [9.17, 15) is 0 Å². The molecule has 0 amide bonds. The van der Waals surface area contributed by atoms with Crippen molar-refractivity contribution in [3.63, 3.8) is 0 Å². The Morgan fingerprint density at radius 3 is 1.62 bits per heavy atom. The molecule has 0 spiro atoms. The van der Waals surface area contributed by atoms with E-state index in [0.717, 1.165) is 6.42 Å². The van der Waals surface area contributed by atoms with Gasteiger partial charge in [0.2, 0.25) is 0 Å². The maximum absolute atomic E-state index is 8.72. The molecule has 52 valence electrons. The SMILES string of the molecule is C.CC(C)C[C@@H](C)O. The zero-order valence-electron chi connectivity index (χ0n) is 5.31. The maximum Gasteiger partial charge on any atom is 0.0514 e. The van der Waals surface area contributed by atoms with E-state index in [0.29, 0.717) is 5.92 Å². The Kier molecular flexibility index (Phi) is 6.93. The first kappa shape index (κ1) is 10.9. The van der Waals surface area contributed by atoms with Crippen LogP contribution >= 0.6 is 0 Å². The average Bonchev–Trinajstić information content (AvgIpc) is 1.27. The molecule has 0 fully saturated rings. The summed E-state index contributed by atoms with van der Waals surface area (Å²) in [6.45, 7) is 6.03. The molecule has 0 aromatic heterocycles. The first-order valence-corrected chi connectivity index (χ1v) is 2.81. The van der Waals surface area contributed by atoms with Crippen LogP contribution in [-0.4, -0.2) is 11.2 Å². The second-order valence-corrected chi connectivity index (χ2v) is 2.48. The van der Waals surface area contributed by atoms with Crippen molar-refractivity contribution < 1.29 is 5.11 Å². The summed E-state index contributed by atoms with van der Waals surface area (Å²) in [7, 11) is 0. The van der Waals surface area contributed by atoms with Crippen molar-refractivity contribution >= 4 is 0 Å². The topological polar surface area (TPSA) is 20.2 Å². The van der Waals surface area contributed by atoms with E-state index in [1.807, 2.05) is 6.92 Å². The molecular weight excluding hydrogens is 100 g/mol. The molecule has 1 nitrogen and oxygen atoms in total. The molecule has 0 heterocycles. The first-order chi connectivity index (χ1) is 3.13. The zero-order valence-corrected chi connectivity index (χ0v) is 5.31. The average molecular weight is 118 g/mol. The van der Waals surface area contributed by atoms with Crippen LogP contribution < -0.4 is 0 Å². The van der Waals surface area contributed by atoms with E-state index in [4.69, 9.17) is 5.11 Å². The molecule has 0 unspecified atom stereocenters. The summed E-state index contributed by atoms with van der Waals surface area (Å²) in [5, 5.41) is 8.72. The van der Waals surface area contributed by atoms with Crippen molar-refractivity contribution in [3.8, 4) is 0 Å². The molecule has 8 heavy (non-hydrogen) atoms. The van der Waals surface area contributed by atoms with Gasteiger partial charge >= 0.3 is 0 Å². The van der Waals surface area contributed by atoms with E-state index in [1.165, 1.54) is 0 Å². The van der Waals surface area contributed by atoms with Crippen LogP contribution in [0.1, 0.15) is 34.6 Å². The first-order valence-electron chi connectivity index (χ1n) is 2.81. The molecule has 0 aliphatic carbocycles. The lowest BCUT2D eigenvalue weighted by molar-refractivity contribution is 0.168. The smallest absolute Gasteiger partial charge is 0.0514 e. The van der Waals surface area contributed by atoms with E-state index < -0.39 is 0 Å². The largest absolute Gasteiger partial charge is 0.393 e. The lowest BCUT2D eigenvalue weighted by Crippen LogP contribution is -2.03. The predicted molar refractivity (Wildman–Crippen MR) is 37.9 cm³/mol. The number of aliphatic hydroxyl groups is 1. The minimum atomic E-state index is -0.125. The van der Waals surface area contributed by atoms with Crippen LogP contribution in [0.2, 0.25) is 0 Å². The molecule has 0 saturated carbocycles. The van der Waals surface area contributed by atoms with Gasteiger partial charge in [0.05, 0.1) is 6.10 Å². The van der Waals surface area contributed by atoms with Crippen molar-refractivity contribution in [2.45, 2.75) is 40.7 Å². The standard InChI is InChI=1S/C6H14O.CH4/c1-5(2)4-6(3)7;/h5-7H,4H2,1-3H3;1H4/t6-;/m1./s1. The van der Waals surface area contributed by atoms with E-state index in [-0.39, 0.29) is 13.5 Å². The lowest BCUT2D eigenvalue weighted by Gasteiger charge is -2.04. The number of hydrogen-bond donors (Lipinski definition) is 1. The highest BCUT2D eigenvalue weighted by atomic mass is 16.3. The monoisotopic (exact) mass is 118 g/mol. The molecule has 0 aromatic rings. The molecule has 0 saturated heterocycles. The third-order valence-corrected chi connectivity index (χ3v) is 0.813. The fraction of sp³-hybridized carbons (Fsp3) is 1.00.